The molecule has 152 valence electrons. The monoisotopic (exact) mass is 414 g/mol. The standard InChI is InChI=1S/C20H22N4O4S/c1-12-22-20(23-28-12)13-5-8-15(9-6-13)24-29-18(19(21)27-4)14-7-10-16(25-2)17(11-14)26-3/h5-11,18,21,24H,1-4H3. The van der Waals surface area contributed by atoms with Gasteiger partial charge in [0.1, 0.15) is 5.25 Å². The molecule has 2 aromatic carbocycles. The van der Waals surface area contributed by atoms with Crippen molar-refractivity contribution < 1.29 is 18.7 Å². The van der Waals surface area contributed by atoms with Gasteiger partial charge in [-0.1, -0.05) is 11.2 Å². The molecule has 0 saturated carbocycles. The summed E-state index contributed by atoms with van der Waals surface area (Å²) in [5.74, 6) is 2.41. The first-order valence-corrected chi connectivity index (χ1v) is 9.60. The molecule has 0 aliphatic carbocycles. The third-order valence-corrected chi connectivity index (χ3v) is 5.21. The molecule has 0 radical (unpaired) electrons. The first-order valence-electron chi connectivity index (χ1n) is 8.72. The molecule has 1 unspecified atom stereocenters. The Kier molecular flexibility index (Phi) is 6.61. The van der Waals surface area contributed by atoms with Crippen molar-refractivity contribution in [2.24, 2.45) is 0 Å². The molecule has 0 saturated heterocycles. The molecule has 0 aliphatic rings. The Hall–Kier alpha value is -3.20. The summed E-state index contributed by atoms with van der Waals surface area (Å²) in [6.45, 7) is 1.75. The number of aryl methyl sites for hydroxylation is 1. The second-order valence-electron chi connectivity index (χ2n) is 6.00. The zero-order valence-corrected chi connectivity index (χ0v) is 17.4. The van der Waals surface area contributed by atoms with E-state index < -0.39 is 0 Å². The molecule has 3 rings (SSSR count). The van der Waals surface area contributed by atoms with Crippen molar-refractivity contribution in [3.63, 3.8) is 0 Å². The van der Waals surface area contributed by atoms with Crippen molar-refractivity contribution in [1.82, 2.24) is 10.1 Å². The molecule has 3 aromatic rings. The Morgan fingerprint density at radius 1 is 1.07 bits per heavy atom. The van der Waals surface area contributed by atoms with Gasteiger partial charge in [-0.2, -0.15) is 4.98 Å². The quantitative estimate of drug-likeness (QED) is 0.316. The van der Waals surface area contributed by atoms with Crippen LogP contribution in [-0.2, 0) is 4.74 Å². The smallest absolute Gasteiger partial charge is 0.223 e. The Bertz CT molecular complexity index is 975. The van der Waals surface area contributed by atoms with Crippen LogP contribution in [-0.4, -0.2) is 37.4 Å². The number of ether oxygens (including phenoxy) is 3. The molecular weight excluding hydrogens is 392 g/mol. The number of aromatic nitrogens is 2. The van der Waals surface area contributed by atoms with Gasteiger partial charge in [-0.25, -0.2) is 0 Å². The maximum absolute atomic E-state index is 8.19. The highest BCUT2D eigenvalue weighted by Crippen LogP contribution is 2.36. The fraction of sp³-hybridized carbons (Fsp3) is 0.250. The minimum absolute atomic E-state index is 0.119. The molecule has 0 amide bonds. The van der Waals surface area contributed by atoms with E-state index in [4.69, 9.17) is 24.1 Å². The van der Waals surface area contributed by atoms with Crippen LogP contribution in [0.25, 0.3) is 11.4 Å². The summed E-state index contributed by atoms with van der Waals surface area (Å²) in [6, 6.07) is 13.2. The summed E-state index contributed by atoms with van der Waals surface area (Å²) in [6.07, 6.45) is 0. The van der Waals surface area contributed by atoms with Gasteiger partial charge in [-0.15, -0.1) is 0 Å². The van der Waals surface area contributed by atoms with Crippen LogP contribution >= 0.6 is 11.9 Å². The van der Waals surface area contributed by atoms with Gasteiger partial charge in [0.05, 0.1) is 21.3 Å². The van der Waals surface area contributed by atoms with Crippen LogP contribution in [0.2, 0.25) is 0 Å². The van der Waals surface area contributed by atoms with Gasteiger partial charge in [0, 0.05) is 18.2 Å². The number of hydrogen-bond acceptors (Lipinski definition) is 9. The highest BCUT2D eigenvalue weighted by Gasteiger charge is 2.21. The van der Waals surface area contributed by atoms with E-state index in [2.05, 4.69) is 14.9 Å². The van der Waals surface area contributed by atoms with Gasteiger partial charge in [0.25, 0.3) is 0 Å². The van der Waals surface area contributed by atoms with E-state index in [1.165, 1.54) is 19.1 Å². The maximum atomic E-state index is 8.19. The topological polar surface area (TPSA) is 102 Å². The Labute approximate surface area is 173 Å². The van der Waals surface area contributed by atoms with Gasteiger partial charge in [0.2, 0.25) is 11.7 Å². The van der Waals surface area contributed by atoms with E-state index in [9.17, 15) is 0 Å². The molecule has 9 heteroatoms. The molecule has 0 bridgehead atoms. The van der Waals surface area contributed by atoms with Crippen LogP contribution in [0.5, 0.6) is 11.5 Å². The van der Waals surface area contributed by atoms with Crippen LogP contribution in [0.15, 0.2) is 47.0 Å². The lowest BCUT2D eigenvalue weighted by atomic mass is 10.1. The second-order valence-corrected chi connectivity index (χ2v) is 6.91. The first-order chi connectivity index (χ1) is 14.0. The normalized spacial score (nSPS) is 11.6. The van der Waals surface area contributed by atoms with E-state index >= 15 is 0 Å². The predicted octanol–water partition coefficient (Wildman–Crippen LogP) is 4.49. The van der Waals surface area contributed by atoms with Gasteiger partial charge < -0.3 is 23.5 Å². The zero-order chi connectivity index (χ0) is 20.8. The summed E-state index contributed by atoms with van der Waals surface area (Å²) in [5.41, 5.74) is 2.58. The second kappa shape index (κ2) is 9.33. The molecule has 0 fully saturated rings. The van der Waals surface area contributed by atoms with Crippen LogP contribution in [0.4, 0.5) is 5.69 Å². The van der Waals surface area contributed by atoms with E-state index in [0.717, 1.165) is 16.8 Å². The van der Waals surface area contributed by atoms with Crippen LogP contribution in [0.3, 0.4) is 0 Å². The third-order valence-electron chi connectivity index (χ3n) is 4.13. The summed E-state index contributed by atoms with van der Waals surface area (Å²) in [4.78, 5) is 4.22. The Morgan fingerprint density at radius 3 is 2.38 bits per heavy atom. The number of methoxy groups -OCH3 is 3. The van der Waals surface area contributed by atoms with Gasteiger partial charge in [-0.05, 0) is 53.9 Å². The lowest BCUT2D eigenvalue weighted by Gasteiger charge is -2.19. The largest absolute Gasteiger partial charge is 0.493 e. The van der Waals surface area contributed by atoms with Crippen molar-refractivity contribution in [3.05, 3.63) is 53.9 Å². The number of rotatable bonds is 8. The highest BCUT2D eigenvalue weighted by molar-refractivity contribution is 8.01. The summed E-state index contributed by atoms with van der Waals surface area (Å²) < 4.78 is 24.1. The Balaban J connectivity index is 1.75. The average molecular weight is 414 g/mol. The van der Waals surface area contributed by atoms with Gasteiger partial charge >= 0.3 is 0 Å². The number of nitrogens with one attached hydrogen (secondary N) is 2. The molecule has 2 N–H and O–H groups in total. The van der Waals surface area contributed by atoms with Crippen molar-refractivity contribution >= 4 is 23.5 Å². The summed E-state index contributed by atoms with van der Waals surface area (Å²) in [7, 11) is 4.65. The zero-order valence-electron chi connectivity index (χ0n) is 16.6. The summed E-state index contributed by atoms with van der Waals surface area (Å²) in [5, 5.41) is 11.7. The number of anilines is 1. The van der Waals surface area contributed by atoms with Crippen molar-refractivity contribution in [2.45, 2.75) is 12.2 Å². The lowest BCUT2D eigenvalue weighted by molar-refractivity contribution is 0.354. The molecule has 1 heterocycles. The van der Waals surface area contributed by atoms with Gasteiger partial charge in [-0.3, -0.25) is 5.41 Å². The predicted molar refractivity (Wildman–Crippen MR) is 113 cm³/mol. The Morgan fingerprint density at radius 2 is 1.79 bits per heavy atom. The van der Waals surface area contributed by atoms with E-state index in [-0.39, 0.29) is 11.1 Å². The molecule has 1 atom stereocenters. The molecular formula is C20H22N4O4S. The lowest BCUT2D eigenvalue weighted by Crippen LogP contribution is -2.12. The van der Waals surface area contributed by atoms with Crippen molar-refractivity contribution in [1.29, 1.82) is 5.41 Å². The van der Waals surface area contributed by atoms with Crippen molar-refractivity contribution in [3.8, 4) is 22.9 Å². The molecule has 8 nitrogen and oxygen atoms in total. The first kappa shape index (κ1) is 20.5. The average Bonchev–Trinajstić information content (AvgIpc) is 3.20. The fourth-order valence-corrected chi connectivity index (χ4v) is 3.50. The SMILES string of the molecule is COC(=N)C(SNc1ccc(-c2noc(C)n2)cc1)c1ccc(OC)c(OC)c1. The minimum atomic E-state index is -0.376. The molecule has 0 spiro atoms. The van der Waals surface area contributed by atoms with E-state index in [1.54, 1.807) is 21.1 Å². The number of hydrogen-bond donors (Lipinski definition) is 2. The molecule has 0 aliphatic heterocycles. The fourth-order valence-electron chi connectivity index (χ4n) is 2.63. The van der Waals surface area contributed by atoms with E-state index in [0.29, 0.717) is 23.2 Å². The molecule has 1 aromatic heterocycles. The highest BCUT2D eigenvalue weighted by atomic mass is 32.2. The van der Waals surface area contributed by atoms with E-state index in [1.807, 2.05) is 42.5 Å². The maximum Gasteiger partial charge on any atom is 0.223 e. The van der Waals surface area contributed by atoms with Gasteiger partial charge in [0.15, 0.2) is 17.4 Å². The third kappa shape index (κ3) is 4.80. The minimum Gasteiger partial charge on any atom is -0.493 e. The van der Waals surface area contributed by atoms with Crippen LogP contribution < -0.4 is 14.2 Å². The number of benzene rings is 2. The van der Waals surface area contributed by atoms with Crippen molar-refractivity contribution in [2.75, 3.05) is 26.1 Å². The van der Waals surface area contributed by atoms with Crippen LogP contribution in [0, 0.1) is 12.3 Å². The molecule has 29 heavy (non-hydrogen) atoms. The van der Waals surface area contributed by atoms with Crippen LogP contribution in [0.1, 0.15) is 16.7 Å². The number of nitrogens with zero attached hydrogens (tertiary/aromatic N) is 2. The summed E-state index contributed by atoms with van der Waals surface area (Å²) >= 11 is 1.35.